The maximum absolute atomic E-state index is 13.9. The van der Waals surface area contributed by atoms with Crippen LogP contribution >= 0.6 is 0 Å². The number of nitrogens with one attached hydrogen (secondary N) is 1. The van der Waals surface area contributed by atoms with E-state index >= 15 is 0 Å². The van der Waals surface area contributed by atoms with Gasteiger partial charge in [-0.15, -0.1) is 15.3 Å². The quantitative estimate of drug-likeness (QED) is 0.658. The van der Waals surface area contributed by atoms with Crippen LogP contribution in [0.1, 0.15) is 31.2 Å². The minimum atomic E-state index is -0.283. The van der Waals surface area contributed by atoms with Crippen molar-refractivity contribution in [2.75, 3.05) is 37.7 Å². The summed E-state index contributed by atoms with van der Waals surface area (Å²) in [4.78, 5) is 15.2. The number of carbonyl (C=O) groups excluding carboxylic acids is 1. The zero-order valence-corrected chi connectivity index (χ0v) is 17.9. The molecule has 0 saturated carbocycles. The normalized spacial score (nSPS) is 19.2. The Balaban J connectivity index is 1.20. The fourth-order valence-electron chi connectivity index (χ4n) is 4.81. The predicted molar refractivity (Wildman–Crippen MR) is 117 cm³/mol. The van der Waals surface area contributed by atoms with Gasteiger partial charge < -0.3 is 15.0 Å². The molecule has 1 aromatic carbocycles. The number of amides is 1. The first kappa shape index (κ1) is 20.8. The van der Waals surface area contributed by atoms with Gasteiger partial charge in [-0.25, -0.2) is 4.39 Å². The van der Waals surface area contributed by atoms with Gasteiger partial charge in [-0.2, -0.15) is 4.52 Å². The van der Waals surface area contributed by atoms with Gasteiger partial charge in [-0.3, -0.25) is 4.79 Å². The van der Waals surface area contributed by atoms with Gasteiger partial charge in [0.1, 0.15) is 18.0 Å². The van der Waals surface area contributed by atoms with Gasteiger partial charge in [0.25, 0.3) is 0 Å². The molecule has 5 rings (SSSR count). The molecule has 1 N–H and O–H groups in total. The fraction of sp³-hybridized carbons (Fsp3) is 0.478. The number of carbonyl (C=O) groups is 1. The third-order valence-electron chi connectivity index (χ3n) is 6.83. The number of aromatic nitrogens is 4. The highest BCUT2D eigenvalue weighted by atomic mass is 19.1. The molecule has 1 amide bonds. The average Bonchev–Trinajstić information content (AvgIpc) is 3.31. The number of piperidine rings is 1. The Hall–Kier alpha value is -3.07. The number of halogens is 1. The van der Waals surface area contributed by atoms with Crippen LogP contribution in [-0.4, -0.2) is 58.6 Å². The molecule has 3 aromatic rings. The molecule has 8 nitrogen and oxygen atoms in total. The lowest BCUT2D eigenvalue weighted by atomic mass is 9.74. The van der Waals surface area contributed by atoms with Crippen LogP contribution in [0.4, 0.5) is 10.2 Å². The van der Waals surface area contributed by atoms with E-state index in [-0.39, 0.29) is 23.1 Å². The monoisotopic (exact) mass is 438 g/mol. The molecule has 9 heteroatoms. The lowest BCUT2D eigenvalue weighted by molar-refractivity contribution is -0.126. The Morgan fingerprint density at radius 3 is 2.78 bits per heavy atom. The minimum absolute atomic E-state index is 0.0331. The first-order valence-corrected chi connectivity index (χ1v) is 11.2. The van der Waals surface area contributed by atoms with Crippen LogP contribution < -0.4 is 10.2 Å². The maximum atomic E-state index is 13.9. The van der Waals surface area contributed by atoms with Gasteiger partial charge in [-0.05, 0) is 55.5 Å². The van der Waals surface area contributed by atoms with Crippen molar-refractivity contribution in [1.29, 1.82) is 0 Å². The van der Waals surface area contributed by atoms with Crippen molar-refractivity contribution in [2.24, 2.45) is 5.92 Å². The largest absolute Gasteiger partial charge is 0.381 e. The second kappa shape index (κ2) is 8.82. The van der Waals surface area contributed by atoms with Crippen molar-refractivity contribution in [3.05, 3.63) is 54.1 Å². The Morgan fingerprint density at radius 1 is 1.19 bits per heavy atom. The summed E-state index contributed by atoms with van der Waals surface area (Å²) < 4.78 is 21.1. The zero-order chi connectivity index (χ0) is 22.0. The Morgan fingerprint density at radius 2 is 2.00 bits per heavy atom. The number of rotatable bonds is 5. The van der Waals surface area contributed by atoms with E-state index in [1.807, 2.05) is 18.2 Å². The number of ether oxygens (including phenoxy) is 1. The highest BCUT2D eigenvalue weighted by Crippen LogP contribution is 2.35. The van der Waals surface area contributed by atoms with Crippen LogP contribution in [0.15, 0.2) is 42.7 Å². The number of anilines is 1. The minimum Gasteiger partial charge on any atom is -0.381 e. The highest BCUT2D eigenvalue weighted by Gasteiger charge is 2.36. The van der Waals surface area contributed by atoms with E-state index in [1.165, 1.54) is 6.07 Å². The molecule has 2 aliphatic heterocycles. The predicted octanol–water partition coefficient (Wildman–Crippen LogP) is 2.34. The molecule has 0 radical (unpaired) electrons. The van der Waals surface area contributed by atoms with E-state index in [9.17, 15) is 9.18 Å². The summed E-state index contributed by atoms with van der Waals surface area (Å²) in [6.07, 6.45) is 4.66. The molecule has 2 fully saturated rings. The average molecular weight is 439 g/mol. The molecule has 32 heavy (non-hydrogen) atoms. The molecule has 0 aliphatic carbocycles. The van der Waals surface area contributed by atoms with E-state index in [0.29, 0.717) is 25.4 Å². The van der Waals surface area contributed by atoms with Gasteiger partial charge in [0.05, 0.1) is 0 Å². The smallest absolute Gasteiger partial charge is 0.223 e. The van der Waals surface area contributed by atoms with Gasteiger partial charge in [-0.1, -0.05) is 12.1 Å². The van der Waals surface area contributed by atoms with E-state index < -0.39 is 0 Å². The molecule has 2 aromatic heterocycles. The molecule has 2 aliphatic rings. The Labute approximate surface area is 185 Å². The number of hydrogen-bond acceptors (Lipinski definition) is 6. The summed E-state index contributed by atoms with van der Waals surface area (Å²) in [6.45, 7) is 3.27. The lowest BCUT2D eigenvalue weighted by Gasteiger charge is -2.39. The van der Waals surface area contributed by atoms with E-state index in [2.05, 4.69) is 25.5 Å². The van der Waals surface area contributed by atoms with Crippen LogP contribution in [0.2, 0.25) is 0 Å². The van der Waals surface area contributed by atoms with Crippen LogP contribution in [0.3, 0.4) is 0 Å². The summed E-state index contributed by atoms with van der Waals surface area (Å²) in [7, 11) is 0. The molecule has 4 heterocycles. The molecule has 2 saturated heterocycles. The molecule has 0 atom stereocenters. The van der Waals surface area contributed by atoms with Crippen molar-refractivity contribution in [2.45, 2.75) is 31.1 Å². The van der Waals surface area contributed by atoms with Crippen molar-refractivity contribution in [3.8, 4) is 0 Å². The van der Waals surface area contributed by atoms with E-state index in [0.717, 1.165) is 50.2 Å². The molecule has 168 valence electrons. The first-order valence-electron chi connectivity index (χ1n) is 11.2. The van der Waals surface area contributed by atoms with Gasteiger partial charge in [0.15, 0.2) is 5.65 Å². The van der Waals surface area contributed by atoms with Crippen molar-refractivity contribution < 1.29 is 13.9 Å². The van der Waals surface area contributed by atoms with Crippen molar-refractivity contribution in [3.63, 3.8) is 0 Å². The maximum Gasteiger partial charge on any atom is 0.223 e. The molecule has 0 unspecified atom stereocenters. The zero-order valence-electron chi connectivity index (χ0n) is 17.9. The van der Waals surface area contributed by atoms with Crippen LogP contribution in [0.5, 0.6) is 0 Å². The van der Waals surface area contributed by atoms with Crippen molar-refractivity contribution in [1.82, 2.24) is 25.1 Å². The number of fused-ring (bicyclic) bond motifs is 1. The van der Waals surface area contributed by atoms with Gasteiger partial charge >= 0.3 is 0 Å². The molecular weight excluding hydrogens is 411 g/mol. The Bertz CT molecular complexity index is 1090. The molecular formula is C23H27FN6O2. The van der Waals surface area contributed by atoms with Crippen molar-refractivity contribution >= 4 is 17.4 Å². The molecule has 0 spiro atoms. The second-order valence-electron chi connectivity index (χ2n) is 8.71. The van der Waals surface area contributed by atoms with Crippen LogP contribution in [0, 0.1) is 11.7 Å². The number of benzene rings is 1. The van der Waals surface area contributed by atoms with Gasteiger partial charge in [0, 0.05) is 44.2 Å². The number of hydrogen-bond donors (Lipinski definition) is 1. The Kier molecular flexibility index (Phi) is 5.73. The fourth-order valence-corrected chi connectivity index (χ4v) is 4.81. The molecule has 0 bridgehead atoms. The topological polar surface area (TPSA) is 84.6 Å². The third kappa shape index (κ3) is 4.17. The SMILES string of the molecule is O=C(NCC1(c2cccc(F)c2)CCOCC1)C1CCN(c2ccc3nncn3n2)CC1. The summed E-state index contributed by atoms with van der Waals surface area (Å²) in [5.74, 6) is 0.664. The summed E-state index contributed by atoms with van der Waals surface area (Å²) >= 11 is 0. The first-order chi connectivity index (χ1) is 15.6. The lowest BCUT2D eigenvalue weighted by Crippen LogP contribution is -2.47. The standard InChI is InChI=1S/C23H27FN6O2/c24-19-3-1-2-18(14-19)23(8-12-32-13-9-23)15-25-22(31)17-6-10-29(11-7-17)21-5-4-20-27-26-16-30(20)28-21/h1-5,14,16-17H,6-13,15H2,(H,25,31). The summed E-state index contributed by atoms with van der Waals surface area (Å²) in [5, 5.41) is 15.6. The summed E-state index contributed by atoms with van der Waals surface area (Å²) in [5.41, 5.74) is 1.37. The van der Waals surface area contributed by atoms with E-state index in [4.69, 9.17) is 4.74 Å². The second-order valence-corrected chi connectivity index (χ2v) is 8.71. The van der Waals surface area contributed by atoms with Gasteiger partial charge in [0.2, 0.25) is 5.91 Å². The van der Waals surface area contributed by atoms with Crippen LogP contribution in [0.25, 0.3) is 5.65 Å². The third-order valence-corrected chi connectivity index (χ3v) is 6.83. The number of nitrogens with zero attached hydrogens (tertiary/aromatic N) is 5. The highest BCUT2D eigenvalue weighted by molar-refractivity contribution is 5.79. The summed E-state index contributed by atoms with van der Waals surface area (Å²) in [6, 6.07) is 10.6. The van der Waals surface area contributed by atoms with Crippen LogP contribution in [-0.2, 0) is 14.9 Å². The van der Waals surface area contributed by atoms with E-state index in [1.54, 1.807) is 23.0 Å².